The summed E-state index contributed by atoms with van der Waals surface area (Å²) in [7, 11) is 0. The van der Waals surface area contributed by atoms with Crippen molar-refractivity contribution in [3.63, 3.8) is 0 Å². The number of unbranched alkanes of at least 4 members (excludes halogenated alkanes) is 1. The largest absolute Gasteiger partial charge is 0.358 e. The first-order chi connectivity index (χ1) is 8.97. The van der Waals surface area contributed by atoms with Crippen molar-refractivity contribution in [2.24, 2.45) is 0 Å². The number of rotatable bonds is 5. The molecule has 19 heavy (non-hydrogen) atoms. The normalized spacial score (nSPS) is 12.2. The summed E-state index contributed by atoms with van der Waals surface area (Å²) in [6.07, 6.45) is 3.64. The Balaban J connectivity index is 1.90. The van der Waals surface area contributed by atoms with E-state index in [-0.39, 0.29) is 5.54 Å². The van der Waals surface area contributed by atoms with Crippen LogP contribution in [0, 0.1) is 6.92 Å². The van der Waals surface area contributed by atoms with Crippen molar-refractivity contribution in [3.05, 3.63) is 35.5 Å². The Morgan fingerprint density at radius 3 is 2.58 bits per heavy atom. The van der Waals surface area contributed by atoms with Gasteiger partial charge in [0.25, 0.3) is 0 Å². The maximum absolute atomic E-state index is 3.55. The molecule has 2 aromatic rings. The van der Waals surface area contributed by atoms with E-state index in [2.05, 4.69) is 62.3 Å². The van der Waals surface area contributed by atoms with Crippen molar-refractivity contribution in [2.45, 2.75) is 52.5 Å². The van der Waals surface area contributed by atoms with Crippen molar-refractivity contribution in [1.82, 2.24) is 10.3 Å². The summed E-state index contributed by atoms with van der Waals surface area (Å²) >= 11 is 0. The number of aryl methyl sites for hydroxylation is 2. The predicted octanol–water partition coefficient (Wildman–Crippen LogP) is 4.19. The molecule has 0 saturated heterocycles. The Hall–Kier alpha value is -1.28. The molecule has 0 spiro atoms. The maximum Gasteiger partial charge on any atom is 0.0458 e. The third-order valence-corrected chi connectivity index (χ3v) is 3.54. The van der Waals surface area contributed by atoms with Crippen LogP contribution in [-0.4, -0.2) is 17.1 Å². The summed E-state index contributed by atoms with van der Waals surface area (Å²) in [6, 6.07) is 8.60. The minimum atomic E-state index is 0.233. The van der Waals surface area contributed by atoms with Gasteiger partial charge in [-0.2, -0.15) is 0 Å². The number of nitrogens with one attached hydrogen (secondary N) is 2. The molecule has 2 nitrogen and oxygen atoms in total. The zero-order valence-electron chi connectivity index (χ0n) is 12.6. The average Bonchev–Trinajstić information content (AvgIpc) is 2.64. The zero-order chi connectivity index (χ0) is 13.9. The Labute approximate surface area is 116 Å². The molecule has 1 aromatic heterocycles. The van der Waals surface area contributed by atoms with E-state index in [1.54, 1.807) is 0 Å². The van der Waals surface area contributed by atoms with Gasteiger partial charge >= 0.3 is 0 Å². The van der Waals surface area contributed by atoms with E-state index in [1.807, 2.05) is 0 Å². The van der Waals surface area contributed by atoms with Crippen molar-refractivity contribution in [3.8, 4) is 0 Å². The van der Waals surface area contributed by atoms with Crippen LogP contribution in [0.5, 0.6) is 0 Å². The monoisotopic (exact) mass is 258 g/mol. The highest BCUT2D eigenvalue weighted by atomic mass is 14.9. The van der Waals surface area contributed by atoms with Gasteiger partial charge in [0.05, 0.1) is 0 Å². The number of para-hydroxylation sites is 1. The molecule has 0 fully saturated rings. The van der Waals surface area contributed by atoms with E-state index in [1.165, 1.54) is 41.4 Å². The maximum atomic E-state index is 3.55. The number of H-pyrrole nitrogens is 1. The molecule has 1 aromatic carbocycles. The summed E-state index contributed by atoms with van der Waals surface area (Å²) in [5, 5.41) is 4.94. The van der Waals surface area contributed by atoms with Crippen LogP contribution in [0.25, 0.3) is 10.9 Å². The van der Waals surface area contributed by atoms with Gasteiger partial charge in [-0.15, -0.1) is 0 Å². The molecule has 2 rings (SSSR count). The minimum absolute atomic E-state index is 0.233. The second kappa shape index (κ2) is 5.79. The highest BCUT2D eigenvalue weighted by Gasteiger charge is 2.09. The molecule has 0 unspecified atom stereocenters. The lowest BCUT2D eigenvalue weighted by Gasteiger charge is -2.20. The molecule has 0 radical (unpaired) electrons. The second-order valence-corrected chi connectivity index (χ2v) is 6.41. The smallest absolute Gasteiger partial charge is 0.0458 e. The van der Waals surface area contributed by atoms with Crippen LogP contribution in [0.3, 0.4) is 0 Å². The first-order valence-corrected chi connectivity index (χ1v) is 7.28. The Kier molecular flexibility index (Phi) is 4.31. The average molecular weight is 258 g/mol. The minimum Gasteiger partial charge on any atom is -0.358 e. The van der Waals surface area contributed by atoms with E-state index in [0.29, 0.717) is 0 Å². The van der Waals surface area contributed by atoms with Crippen molar-refractivity contribution < 1.29 is 0 Å². The third kappa shape index (κ3) is 3.84. The third-order valence-electron chi connectivity index (χ3n) is 3.54. The molecule has 1 heterocycles. The first-order valence-electron chi connectivity index (χ1n) is 7.28. The topological polar surface area (TPSA) is 27.8 Å². The van der Waals surface area contributed by atoms with E-state index in [4.69, 9.17) is 0 Å². The number of hydrogen-bond donors (Lipinski definition) is 2. The summed E-state index contributed by atoms with van der Waals surface area (Å²) in [5.41, 5.74) is 4.32. The molecule has 0 aliphatic carbocycles. The number of hydrogen-bond acceptors (Lipinski definition) is 1. The van der Waals surface area contributed by atoms with Gasteiger partial charge in [-0.3, -0.25) is 0 Å². The molecule has 0 aliphatic rings. The highest BCUT2D eigenvalue weighted by Crippen LogP contribution is 2.23. The van der Waals surface area contributed by atoms with Gasteiger partial charge in [0, 0.05) is 22.1 Å². The van der Waals surface area contributed by atoms with E-state index in [9.17, 15) is 0 Å². The van der Waals surface area contributed by atoms with Gasteiger partial charge in [0.15, 0.2) is 0 Å². The van der Waals surface area contributed by atoms with Gasteiger partial charge in [0.1, 0.15) is 0 Å². The lowest BCUT2D eigenvalue weighted by molar-refractivity contribution is 0.419. The summed E-state index contributed by atoms with van der Waals surface area (Å²) < 4.78 is 0. The van der Waals surface area contributed by atoms with Crippen LogP contribution >= 0.6 is 0 Å². The molecule has 0 aliphatic heterocycles. The summed E-state index contributed by atoms with van der Waals surface area (Å²) in [6.45, 7) is 9.94. The SMILES string of the molecule is Cc1[nH]c2ccccc2c1CCCCNC(C)(C)C. The molecule has 0 atom stereocenters. The lowest BCUT2D eigenvalue weighted by Crippen LogP contribution is -2.36. The number of benzene rings is 1. The fraction of sp³-hybridized carbons (Fsp3) is 0.529. The number of fused-ring (bicyclic) bond motifs is 1. The predicted molar refractivity (Wildman–Crippen MR) is 83.7 cm³/mol. The Morgan fingerprint density at radius 2 is 1.84 bits per heavy atom. The number of aromatic nitrogens is 1. The van der Waals surface area contributed by atoms with Crippen molar-refractivity contribution in [1.29, 1.82) is 0 Å². The van der Waals surface area contributed by atoms with Crippen LogP contribution in [0.4, 0.5) is 0 Å². The summed E-state index contributed by atoms with van der Waals surface area (Å²) in [5.74, 6) is 0. The molecule has 104 valence electrons. The van der Waals surface area contributed by atoms with E-state index < -0.39 is 0 Å². The van der Waals surface area contributed by atoms with Crippen LogP contribution in [0.2, 0.25) is 0 Å². The molecule has 2 N–H and O–H groups in total. The van der Waals surface area contributed by atoms with Gasteiger partial charge in [-0.05, 0) is 65.1 Å². The standard InChI is InChI=1S/C17H26N2/c1-13-14(9-7-8-12-18-17(2,3)4)15-10-5-6-11-16(15)19-13/h5-6,10-11,18-19H,7-9,12H2,1-4H3. The second-order valence-electron chi connectivity index (χ2n) is 6.41. The Bertz CT molecular complexity index is 532. The summed E-state index contributed by atoms with van der Waals surface area (Å²) in [4.78, 5) is 3.48. The number of aromatic amines is 1. The molecular formula is C17H26N2. The zero-order valence-corrected chi connectivity index (χ0v) is 12.6. The van der Waals surface area contributed by atoms with Gasteiger partial charge in [-0.25, -0.2) is 0 Å². The molecule has 2 heteroatoms. The van der Waals surface area contributed by atoms with E-state index >= 15 is 0 Å². The fourth-order valence-corrected chi connectivity index (χ4v) is 2.55. The van der Waals surface area contributed by atoms with Gasteiger partial charge < -0.3 is 10.3 Å². The molecule has 0 amide bonds. The van der Waals surface area contributed by atoms with E-state index in [0.717, 1.165) is 6.54 Å². The van der Waals surface area contributed by atoms with Crippen LogP contribution in [0.1, 0.15) is 44.9 Å². The molecular weight excluding hydrogens is 232 g/mol. The van der Waals surface area contributed by atoms with Crippen LogP contribution < -0.4 is 5.32 Å². The quantitative estimate of drug-likeness (QED) is 0.773. The van der Waals surface area contributed by atoms with Crippen LogP contribution in [-0.2, 0) is 6.42 Å². The van der Waals surface area contributed by atoms with Gasteiger partial charge in [-0.1, -0.05) is 18.2 Å². The Morgan fingerprint density at radius 1 is 1.11 bits per heavy atom. The van der Waals surface area contributed by atoms with Crippen molar-refractivity contribution in [2.75, 3.05) is 6.54 Å². The van der Waals surface area contributed by atoms with Crippen LogP contribution in [0.15, 0.2) is 24.3 Å². The molecule has 0 bridgehead atoms. The lowest BCUT2D eigenvalue weighted by atomic mass is 10.0. The highest BCUT2D eigenvalue weighted by molar-refractivity contribution is 5.84. The fourth-order valence-electron chi connectivity index (χ4n) is 2.55. The first kappa shape index (κ1) is 14.1. The van der Waals surface area contributed by atoms with Gasteiger partial charge in [0.2, 0.25) is 0 Å². The van der Waals surface area contributed by atoms with Crippen molar-refractivity contribution >= 4 is 10.9 Å². The molecule has 0 saturated carbocycles.